The van der Waals surface area contributed by atoms with Gasteiger partial charge in [0.25, 0.3) is 0 Å². The van der Waals surface area contributed by atoms with Crippen molar-refractivity contribution < 1.29 is 39.9 Å². The number of aliphatic carboxylic acids is 1. The van der Waals surface area contributed by atoms with E-state index in [1.54, 1.807) is 12.7 Å². The minimum atomic E-state index is -5.08. The summed E-state index contributed by atoms with van der Waals surface area (Å²) in [6, 6.07) is 8.60. The van der Waals surface area contributed by atoms with Gasteiger partial charge in [0.2, 0.25) is 19.1 Å². The number of benzene rings is 2. The second kappa shape index (κ2) is 18.6. The number of carboxylic acid groups (broad SMARTS) is 1. The molecule has 0 spiro atoms. The Labute approximate surface area is 317 Å². The molecule has 2 fully saturated rings. The van der Waals surface area contributed by atoms with Crippen molar-refractivity contribution in [2.24, 2.45) is 17.6 Å². The fourth-order valence-electron chi connectivity index (χ4n) is 5.64. The van der Waals surface area contributed by atoms with Gasteiger partial charge in [0, 0.05) is 54.2 Å². The van der Waals surface area contributed by atoms with Crippen molar-refractivity contribution in [3.05, 3.63) is 59.2 Å². The number of halogens is 4. The summed E-state index contributed by atoms with van der Waals surface area (Å²) in [5, 5.41) is 9.38. The van der Waals surface area contributed by atoms with Gasteiger partial charge in [-0.1, -0.05) is 0 Å². The summed E-state index contributed by atoms with van der Waals surface area (Å²) in [4.78, 5) is 31.2. The van der Waals surface area contributed by atoms with E-state index in [4.69, 9.17) is 15.6 Å². The van der Waals surface area contributed by atoms with Crippen molar-refractivity contribution in [2.45, 2.75) is 46.7 Å². The molecule has 0 unspecified atom stereocenters. The van der Waals surface area contributed by atoms with Crippen molar-refractivity contribution >= 4 is 69.2 Å². The van der Waals surface area contributed by atoms with E-state index in [2.05, 4.69) is 97.1 Å². The summed E-state index contributed by atoms with van der Waals surface area (Å²) < 4.78 is 75.2. The van der Waals surface area contributed by atoms with Gasteiger partial charge in [0.1, 0.15) is 24.3 Å². The van der Waals surface area contributed by atoms with Gasteiger partial charge < -0.3 is 20.6 Å². The highest BCUT2D eigenvalue weighted by Crippen LogP contribution is 2.32. The molecule has 2 saturated heterocycles. The molecule has 0 aliphatic carbocycles. The van der Waals surface area contributed by atoms with E-state index in [0.717, 1.165) is 91.2 Å². The lowest BCUT2D eigenvalue weighted by Crippen LogP contribution is -2.48. The largest absolute Gasteiger partial charge is 0.490 e. The standard InChI is InChI=1S/C16H22N4O2S.C15H20N4.C2HF3O2.CH3ClO2S/c1-11-6-14-15(7-12(11)2)17-10-18-16(14)20-8-13(9-20)4-5-19-23(3,21)22;1-10-5-13-14(6-11(10)2)17-9-18-15(13)19-7-12(8-19)3-4-16;3-2(4,5)1(6)7;1-5(2,3)4/h6-7,10,13,19H,4-5,8-9H2,1-3H3;5-6,9,12H,3-4,7-8,16H2,1-2H3;(H,6,7);1H3. The summed E-state index contributed by atoms with van der Waals surface area (Å²) in [5.41, 5.74) is 12.7. The number of aryl methyl sites for hydroxylation is 4. The number of sulfonamides is 1. The lowest BCUT2D eigenvalue weighted by Gasteiger charge is -2.40. The predicted octanol–water partition coefficient (Wildman–Crippen LogP) is 4.47. The quantitative estimate of drug-likeness (QED) is 0.211. The van der Waals surface area contributed by atoms with Crippen LogP contribution in [0.3, 0.4) is 0 Å². The molecule has 4 N–H and O–H groups in total. The molecule has 4 heterocycles. The minimum absolute atomic E-state index is 0.500. The van der Waals surface area contributed by atoms with Crippen LogP contribution < -0.4 is 20.3 Å². The molecule has 54 heavy (non-hydrogen) atoms. The molecule has 2 aliphatic heterocycles. The number of fused-ring (bicyclic) bond motifs is 2. The molecule has 298 valence electrons. The summed E-state index contributed by atoms with van der Waals surface area (Å²) >= 11 is 0. The summed E-state index contributed by atoms with van der Waals surface area (Å²) in [7, 11) is -1.78. The molecule has 14 nitrogen and oxygen atoms in total. The van der Waals surface area contributed by atoms with Crippen LogP contribution in [0.1, 0.15) is 35.1 Å². The lowest BCUT2D eigenvalue weighted by molar-refractivity contribution is -0.192. The lowest BCUT2D eigenvalue weighted by atomic mass is 9.95. The van der Waals surface area contributed by atoms with Crippen molar-refractivity contribution in [2.75, 3.05) is 61.6 Å². The highest BCUT2D eigenvalue weighted by atomic mass is 35.7. The normalized spacial score (nSPS) is 14.9. The number of nitrogens with zero attached hydrogens (tertiary/aromatic N) is 6. The first kappa shape index (κ1) is 44.5. The van der Waals surface area contributed by atoms with Crippen LogP contribution in [-0.4, -0.2) is 106 Å². The van der Waals surface area contributed by atoms with Crippen molar-refractivity contribution in [1.82, 2.24) is 24.7 Å². The van der Waals surface area contributed by atoms with Crippen LogP contribution in [0.25, 0.3) is 21.8 Å². The Morgan fingerprint density at radius 2 is 1.15 bits per heavy atom. The number of aromatic nitrogens is 4. The number of hydrogen-bond acceptors (Lipinski definition) is 12. The zero-order valence-electron chi connectivity index (χ0n) is 30.9. The van der Waals surface area contributed by atoms with Gasteiger partial charge in [-0.05, 0) is 105 Å². The van der Waals surface area contributed by atoms with Crippen LogP contribution in [0.5, 0.6) is 0 Å². The molecule has 0 radical (unpaired) electrons. The zero-order chi connectivity index (χ0) is 40.6. The number of nitrogens with two attached hydrogens (primary N) is 1. The molecule has 2 aliphatic rings. The second-order valence-corrected chi connectivity index (χ2v) is 18.2. The van der Waals surface area contributed by atoms with Crippen LogP contribution in [-0.2, 0) is 23.9 Å². The van der Waals surface area contributed by atoms with Crippen molar-refractivity contribution in [1.29, 1.82) is 0 Å². The zero-order valence-corrected chi connectivity index (χ0v) is 33.2. The first-order valence-corrected chi connectivity index (χ1v) is 21.4. The Kier molecular flexibility index (Phi) is 15.3. The highest BCUT2D eigenvalue weighted by molar-refractivity contribution is 8.13. The summed E-state index contributed by atoms with van der Waals surface area (Å²) in [6.45, 7) is 13.7. The number of hydrogen-bond donors (Lipinski definition) is 3. The molecular weight excluding hydrogens is 773 g/mol. The Hall–Kier alpha value is -3.91. The third kappa shape index (κ3) is 13.7. The SMILES string of the molecule is CS(=O)(=O)Cl.Cc1cc2ncnc(N3CC(CCN)C3)c2cc1C.Cc1cc2ncnc(N3CC(CCNS(C)(=O)=O)C3)c2cc1C.O=C(O)C(F)(F)F. The van der Waals surface area contributed by atoms with E-state index in [0.29, 0.717) is 12.5 Å². The maximum Gasteiger partial charge on any atom is 0.490 e. The number of carboxylic acids is 1. The monoisotopic (exact) mass is 818 g/mol. The molecule has 0 atom stereocenters. The minimum Gasteiger partial charge on any atom is -0.475 e. The third-order valence-corrected chi connectivity index (χ3v) is 9.44. The molecule has 0 bridgehead atoms. The third-order valence-electron chi connectivity index (χ3n) is 8.71. The molecule has 6 rings (SSSR count). The molecule has 2 aromatic carbocycles. The maximum absolute atomic E-state index is 11.1. The van der Waals surface area contributed by atoms with Crippen LogP contribution in [0, 0.1) is 39.5 Å². The van der Waals surface area contributed by atoms with Gasteiger partial charge in [-0.15, -0.1) is 0 Å². The average Bonchev–Trinajstić information content (AvgIpc) is 3.00. The first-order valence-electron chi connectivity index (χ1n) is 16.7. The molecule has 20 heteroatoms. The predicted molar refractivity (Wildman–Crippen MR) is 205 cm³/mol. The highest BCUT2D eigenvalue weighted by Gasteiger charge is 2.38. The summed E-state index contributed by atoms with van der Waals surface area (Å²) in [6.07, 6.45) is 2.28. The first-order chi connectivity index (χ1) is 25.0. The van der Waals surface area contributed by atoms with Gasteiger partial charge in [-0.3, -0.25) is 0 Å². The van der Waals surface area contributed by atoms with E-state index < -0.39 is 31.2 Å². The van der Waals surface area contributed by atoms with E-state index in [-0.39, 0.29) is 0 Å². The van der Waals surface area contributed by atoms with Crippen molar-refractivity contribution in [3.63, 3.8) is 0 Å². The Bertz CT molecular complexity index is 2140. The molecule has 2 aromatic heterocycles. The maximum atomic E-state index is 11.1. The second-order valence-electron chi connectivity index (χ2n) is 13.4. The van der Waals surface area contributed by atoms with Crippen LogP contribution >= 0.6 is 10.7 Å². The van der Waals surface area contributed by atoms with E-state index >= 15 is 0 Å². The molecule has 0 amide bonds. The Morgan fingerprint density at radius 3 is 1.48 bits per heavy atom. The van der Waals surface area contributed by atoms with Gasteiger partial charge in [-0.25, -0.2) is 46.3 Å². The topological polar surface area (TPSA) is 202 Å². The van der Waals surface area contributed by atoms with E-state index in [1.807, 2.05) is 0 Å². The number of rotatable bonds is 8. The fraction of sp³-hybridized carbons (Fsp3) is 0.500. The van der Waals surface area contributed by atoms with Gasteiger partial charge in [0.05, 0.1) is 23.5 Å². The number of alkyl halides is 3. The summed E-state index contributed by atoms with van der Waals surface area (Å²) in [5.74, 6) is 0.515. The number of nitrogens with one attached hydrogen (secondary N) is 1. The molecule has 0 saturated carbocycles. The molecular formula is C34H46ClF3N8O6S2. The Morgan fingerprint density at radius 1 is 0.796 bits per heavy atom. The Balaban J connectivity index is 0.000000226. The van der Waals surface area contributed by atoms with Gasteiger partial charge in [0.15, 0.2) is 0 Å². The number of anilines is 2. The van der Waals surface area contributed by atoms with Crippen molar-refractivity contribution in [3.8, 4) is 0 Å². The van der Waals surface area contributed by atoms with E-state index in [9.17, 15) is 30.0 Å². The van der Waals surface area contributed by atoms with Gasteiger partial charge in [-0.2, -0.15) is 13.2 Å². The smallest absolute Gasteiger partial charge is 0.475 e. The van der Waals surface area contributed by atoms with Crippen LogP contribution in [0.2, 0.25) is 0 Å². The van der Waals surface area contributed by atoms with Crippen LogP contribution in [0.15, 0.2) is 36.9 Å². The molecule has 4 aromatic rings. The number of carbonyl (C=O) groups is 1. The average molecular weight is 819 g/mol. The van der Waals surface area contributed by atoms with E-state index in [1.165, 1.54) is 28.5 Å². The van der Waals surface area contributed by atoms with Gasteiger partial charge >= 0.3 is 12.1 Å². The fourth-order valence-corrected chi connectivity index (χ4v) is 6.13. The van der Waals surface area contributed by atoms with Crippen LogP contribution in [0.4, 0.5) is 24.8 Å².